The van der Waals surface area contributed by atoms with E-state index in [9.17, 15) is 4.79 Å². The Labute approximate surface area is 119 Å². The molecule has 0 amide bonds. The summed E-state index contributed by atoms with van der Waals surface area (Å²) in [5.74, 6) is 0. The second-order valence-corrected chi connectivity index (χ2v) is 5.91. The van der Waals surface area contributed by atoms with E-state index in [4.69, 9.17) is 11.6 Å². The van der Waals surface area contributed by atoms with Gasteiger partial charge in [0.1, 0.15) is 0 Å². The summed E-state index contributed by atoms with van der Waals surface area (Å²) in [6.07, 6.45) is 0. The third-order valence-electron chi connectivity index (χ3n) is 2.92. The zero-order valence-corrected chi connectivity index (χ0v) is 12.0. The average molecular weight is 291 g/mol. The van der Waals surface area contributed by atoms with Crippen molar-refractivity contribution in [2.24, 2.45) is 0 Å². The van der Waals surface area contributed by atoms with E-state index in [-0.39, 0.29) is 5.43 Å². The van der Waals surface area contributed by atoms with E-state index in [1.165, 1.54) is 17.4 Å². The van der Waals surface area contributed by atoms with Crippen LogP contribution < -0.4 is 10.3 Å². The number of halogens is 1. The van der Waals surface area contributed by atoms with Crippen LogP contribution in [0, 0.1) is 0 Å². The van der Waals surface area contributed by atoms with Crippen LogP contribution in [0.1, 0.15) is 0 Å². The van der Waals surface area contributed by atoms with E-state index < -0.39 is 0 Å². The molecule has 1 heterocycles. The highest BCUT2D eigenvalue weighted by molar-refractivity contribution is 7.22. The lowest BCUT2D eigenvalue weighted by Crippen LogP contribution is -2.09. The van der Waals surface area contributed by atoms with Crippen LogP contribution in [0.15, 0.2) is 35.1 Å². The van der Waals surface area contributed by atoms with Gasteiger partial charge in [0.05, 0.1) is 31.5 Å². The molecule has 1 aliphatic heterocycles. The lowest BCUT2D eigenvalue weighted by atomic mass is 10.2. The van der Waals surface area contributed by atoms with Crippen molar-refractivity contribution in [3.8, 4) is 10.6 Å². The van der Waals surface area contributed by atoms with Crippen molar-refractivity contribution in [2.45, 2.75) is 0 Å². The predicted molar refractivity (Wildman–Crippen MR) is 81.8 cm³/mol. The van der Waals surface area contributed by atoms with Gasteiger partial charge in [-0.2, -0.15) is 0 Å². The molecule has 3 nitrogen and oxygen atoms in total. The van der Waals surface area contributed by atoms with Crippen molar-refractivity contribution in [1.82, 2.24) is 4.98 Å². The second kappa shape index (κ2) is 4.47. The third-order valence-corrected chi connectivity index (χ3v) is 4.58. The van der Waals surface area contributed by atoms with Crippen molar-refractivity contribution >= 4 is 38.8 Å². The number of benzene rings is 2. The zero-order valence-electron chi connectivity index (χ0n) is 10.5. The van der Waals surface area contributed by atoms with E-state index in [0.29, 0.717) is 5.02 Å². The number of aromatic nitrogens is 1. The van der Waals surface area contributed by atoms with Gasteiger partial charge < -0.3 is 4.90 Å². The monoisotopic (exact) mass is 290 g/mol. The fourth-order valence-electron chi connectivity index (χ4n) is 1.97. The van der Waals surface area contributed by atoms with Gasteiger partial charge in [0, 0.05) is 20.2 Å². The summed E-state index contributed by atoms with van der Waals surface area (Å²) in [4.78, 5) is 18.8. The molecule has 0 saturated heterocycles. The molecule has 1 aromatic rings. The average Bonchev–Trinajstić information content (AvgIpc) is 2.37. The predicted octanol–water partition coefficient (Wildman–Crippen LogP) is 3.48. The largest absolute Gasteiger partial charge is 0.376 e. The van der Waals surface area contributed by atoms with Crippen LogP contribution in [0.2, 0.25) is 5.02 Å². The number of anilines is 1. The highest BCUT2D eigenvalue weighted by Gasteiger charge is 2.13. The molecule has 5 heteroatoms. The fraction of sp³-hybridized carbons (Fsp3) is 0.143. The van der Waals surface area contributed by atoms with Crippen molar-refractivity contribution in [3.05, 3.63) is 45.6 Å². The summed E-state index contributed by atoms with van der Waals surface area (Å²) in [5.41, 5.74) is 2.62. The maximum absolute atomic E-state index is 11.4. The number of nitrogens with zero attached hydrogens (tertiary/aromatic N) is 2. The Morgan fingerprint density at radius 1 is 1.21 bits per heavy atom. The molecule has 0 unspecified atom stereocenters. The maximum Gasteiger partial charge on any atom is 0.180 e. The summed E-state index contributed by atoms with van der Waals surface area (Å²) in [7, 11) is 3.89. The summed E-state index contributed by atoms with van der Waals surface area (Å²) in [6, 6.07) is 8.80. The quantitative estimate of drug-likeness (QED) is 0.643. The van der Waals surface area contributed by atoms with Crippen LogP contribution in [0.5, 0.6) is 0 Å². The Kier molecular flexibility index (Phi) is 2.92. The van der Waals surface area contributed by atoms with Crippen molar-refractivity contribution in [1.29, 1.82) is 0 Å². The number of fused-ring (bicyclic) bond motifs is 2. The van der Waals surface area contributed by atoms with Crippen LogP contribution in [0.3, 0.4) is 0 Å². The molecule has 0 bridgehead atoms. The Morgan fingerprint density at radius 3 is 2.74 bits per heavy atom. The lowest BCUT2D eigenvalue weighted by Gasteiger charge is -2.16. The van der Waals surface area contributed by atoms with Gasteiger partial charge in [-0.05, 0) is 24.3 Å². The molecule has 1 aromatic carbocycles. The molecule has 0 aromatic heterocycles. The van der Waals surface area contributed by atoms with Gasteiger partial charge in [0.15, 0.2) is 5.43 Å². The van der Waals surface area contributed by atoms with Crippen LogP contribution in [0.4, 0.5) is 5.69 Å². The minimum atomic E-state index is -0.00946. The van der Waals surface area contributed by atoms with E-state index in [1.807, 2.05) is 31.1 Å². The molecule has 0 saturated carbocycles. The standard InChI is InChI=1S/C14H11ClN2OS/c1-17(2)11-6-5-10-14(13(11)15)19-12-7-8(18)3-4-9(12)16-10/h3-7H,1-2H3. The van der Waals surface area contributed by atoms with Crippen LogP contribution in [-0.4, -0.2) is 19.1 Å². The summed E-state index contributed by atoms with van der Waals surface area (Å²) >= 11 is 7.93. The molecular formula is C14H11ClN2OS. The van der Waals surface area contributed by atoms with Crippen molar-refractivity contribution < 1.29 is 0 Å². The first-order valence-electron chi connectivity index (χ1n) is 5.77. The van der Waals surface area contributed by atoms with E-state index in [2.05, 4.69) is 4.98 Å². The highest BCUT2D eigenvalue weighted by Crippen LogP contribution is 2.38. The van der Waals surface area contributed by atoms with Gasteiger partial charge in [0.2, 0.25) is 0 Å². The maximum atomic E-state index is 11.4. The van der Waals surface area contributed by atoms with Gasteiger partial charge in [-0.15, -0.1) is 11.3 Å². The Morgan fingerprint density at radius 2 is 2.00 bits per heavy atom. The van der Waals surface area contributed by atoms with Crippen molar-refractivity contribution in [3.63, 3.8) is 0 Å². The summed E-state index contributed by atoms with van der Waals surface area (Å²) < 4.78 is 0.908. The molecule has 0 spiro atoms. The normalized spacial score (nSPS) is 11.1. The molecule has 1 aliphatic carbocycles. The minimum absolute atomic E-state index is 0.00946. The smallest absolute Gasteiger partial charge is 0.180 e. The van der Waals surface area contributed by atoms with Gasteiger partial charge in [-0.1, -0.05) is 11.6 Å². The lowest BCUT2D eigenvalue weighted by molar-refractivity contribution is 1.13. The van der Waals surface area contributed by atoms with Crippen LogP contribution >= 0.6 is 22.9 Å². The van der Waals surface area contributed by atoms with Gasteiger partial charge in [-0.25, -0.2) is 4.98 Å². The Balaban J connectivity index is 2.40. The Bertz CT molecular complexity index is 797. The summed E-state index contributed by atoms with van der Waals surface area (Å²) in [5, 5.41) is 0.679. The molecule has 96 valence electrons. The molecule has 0 N–H and O–H groups in total. The molecular weight excluding hydrogens is 280 g/mol. The van der Waals surface area contributed by atoms with Crippen LogP contribution in [0.25, 0.3) is 20.8 Å². The second-order valence-electron chi connectivity index (χ2n) is 4.48. The number of hydrogen-bond acceptors (Lipinski definition) is 4. The molecule has 0 radical (unpaired) electrons. The molecule has 0 fully saturated rings. The number of hydrogen-bond donors (Lipinski definition) is 0. The first-order valence-corrected chi connectivity index (χ1v) is 6.96. The minimum Gasteiger partial charge on any atom is -0.376 e. The fourth-order valence-corrected chi connectivity index (χ4v) is 3.44. The SMILES string of the molecule is CN(C)c1ccc2nc3ccc(=O)cc-3sc2c1Cl. The van der Waals surface area contributed by atoms with Gasteiger partial charge in [0.25, 0.3) is 0 Å². The molecule has 2 aliphatic rings. The first-order chi connectivity index (χ1) is 9.06. The van der Waals surface area contributed by atoms with E-state index in [0.717, 1.165) is 26.5 Å². The number of rotatable bonds is 1. The molecule has 3 rings (SSSR count). The van der Waals surface area contributed by atoms with E-state index >= 15 is 0 Å². The summed E-state index contributed by atoms with van der Waals surface area (Å²) in [6.45, 7) is 0. The van der Waals surface area contributed by atoms with E-state index in [1.54, 1.807) is 12.1 Å². The van der Waals surface area contributed by atoms with Crippen molar-refractivity contribution in [2.75, 3.05) is 19.0 Å². The molecule has 0 atom stereocenters. The molecule has 19 heavy (non-hydrogen) atoms. The van der Waals surface area contributed by atoms with Crippen LogP contribution in [-0.2, 0) is 0 Å². The zero-order chi connectivity index (χ0) is 13.6. The Hall–Kier alpha value is -1.65. The topological polar surface area (TPSA) is 33.2 Å². The van der Waals surface area contributed by atoms with Gasteiger partial charge in [-0.3, -0.25) is 4.79 Å². The van der Waals surface area contributed by atoms with Gasteiger partial charge >= 0.3 is 0 Å². The first kappa shape index (κ1) is 12.4. The third kappa shape index (κ3) is 2.07. The highest BCUT2D eigenvalue weighted by atomic mass is 35.5.